The van der Waals surface area contributed by atoms with E-state index in [1.54, 1.807) is 48.5 Å². The van der Waals surface area contributed by atoms with Gasteiger partial charge >= 0.3 is 0 Å². The van der Waals surface area contributed by atoms with Crippen LogP contribution in [0.15, 0.2) is 72.8 Å². The van der Waals surface area contributed by atoms with Gasteiger partial charge in [0.25, 0.3) is 11.8 Å². The van der Waals surface area contributed by atoms with Crippen LogP contribution in [0.1, 0.15) is 47.1 Å². The lowest BCUT2D eigenvalue weighted by atomic mass is 10.1. The second-order valence-corrected chi connectivity index (χ2v) is 8.03. The summed E-state index contributed by atoms with van der Waals surface area (Å²) in [5.41, 5.74) is 6.61. The third kappa shape index (κ3) is 7.55. The summed E-state index contributed by atoms with van der Waals surface area (Å²) in [6, 6.07) is 21.1. The van der Waals surface area contributed by atoms with Crippen LogP contribution in [0.4, 0.5) is 0 Å². The summed E-state index contributed by atoms with van der Waals surface area (Å²) in [6.45, 7) is 7.65. The van der Waals surface area contributed by atoms with E-state index in [1.807, 2.05) is 31.2 Å². The van der Waals surface area contributed by atoms with E-state index >= 15 is 0 Å². The number of hydrogen-bond donors (Lipinski definition) is 2. The summed E-state index contributed by atoms with van der Waals surface area (Å²) in [4.78, 5) is 24.7. The number of rotatable bonds is 10. The maximum atomic E-state index is 12.4. The molecule has 7 heteroatoms. The number of hydrazine groups is 1. The number of carbonyl (C=O) groups is 2. The Bertz CT molecular complexity index is 1060. The fourth-order valence-electron chi connectivity index (χ4n) is 2.94. The minimum atomic E-state index is -0.413. The Balaban J connectivity index is 1.45. The molecule has 2 N–H and O–H groups in total. The molecule has 0 radical (unpaired) electrons. The molecule has 3 aromatic carbocycles. The monoisotopic (exact) mass is 462 g/mol. The Labute approximate surface area is 200 Å². The summed E-state index contributed by atoms with van der Waals surface area (Å²) in [5, 5.41) is 0. The van der Waals surface area contributed by atoms with Crippen molar-refractivity contribution in [3.8, 4) is 17.2 Å². The van der Waals surface area contributed by atoms with Crippen LogP contribution in [0.5, 0.6) is 17.2 Å². The van der Waals surface area contributed by atoms with Gasteiger partial charge in [0.1, 0.15) is 23.9 Å². The maximum absolute atomic E-state index is 12.4. The highest BCUT2D eigenvalue weighted by molar-refractivity contribution is 5.99. The van der Waals surface area contributed by atoms with Crippen LogP contribution in [-0.4, -0.2) is 25.0 Å². The number of benzene rings is 3. The van der Waals surface area contributed by atoms with Crippen LogP contribution in [-0.2, 0) is 6.61 Å². The number of hydrogen-bond acceptors (Lipinski definition) is 5. The first-order chi connectivity index (χ1) is 16.4. The van der Waals surface area contributed by atoms with Gasteiger partial charge in [-0.25, -0.2) is 0 Å². The minimum Gasteiger partial charge on any atom is -0.494 e. The summed E-state index contributed by atoms with van der Waals surface area (Å²) >= 11 is 0. The van der Waals surface area contributed by atoms with E-state index in [1.165, 1.54) is 0 Å². The van der Waals surface area contributed by atoms with Crippen LogP contribution < -0.4 is 25.1 Å². The third-order valence-electron chi connectivity index (χ3n) is 4.75. The highest BCUT2D eigenvalue weighted by Gasteiger charge is 2.10. The van der Waals surface area contributed by atoms with Crippen molar-refractivity contribution in [2.45, 2.75) is 27.4 Å². The van der Waals surface area contributed by atoms with Gasteiger partial charge in [0, 0.05) is 11.1 Å². The molecule has 3 aromatic rings. The molecular formula is C27H30N2O5. The Morgan fingerprint density at radius 2 is 1.12 bits per heavy atom. The van der Waals surface area contributed by atoms with Crippen LogP contribution >= 0.6 is 0 Å². The molecule has 0 aliphatic heterocycles. The molecule has 0 bridgehead atoms. The highest BCUT2D eigenvalue weighted by Crippen LogP contribution is 2.19. The molecule has 2 amide bonds. The average Bonchev–Trinajstić information content (AvgIpc) is 2.86. The van der Waals surface area contributed by atoms with Crippen molar-refractivity contribution >= 4 is 11.8 Å². The summed E-state index contributed by atoms with van der Waals surface area (Å²) in [5.74, 6) is 1.81. The first-order valence-electron chi connectivity index (χ1n) is 11.2. The van der Waals surface area contributed by atoms with E-state index in [0.717, 1.165) is 17.1 Å². The van der Waals surface area contributed by atoms with Crippen molar-refractivity contribution in [1.82, 2.24) is 10.9 Å². The van der Waals surface area contributed by atoms with E-state index < -0.39 is 11.8 Å². The average molecular weight is 463 g/mol. The van der Waals surface area contributed by atoms with E-state index in [-0.39, 0.29) is 0 Å². The number of ether oxygens (including phenoxy) is 3. The molecule has 0 aliphatic rings. The zero-order valence-corrected chi connectivity index (χ0v) is 19.7. The molecule has 0 unspecified atom stereocenters. The lowest BCUT2D eigenvalue weighted by molar-refractivity contribution is 0.0846. The Kier molecular flexibility index (Phi) is 8.91. The van der Waals surface area contributed by atoms with Crippen LogP contribution in [0.2, 0.25) is 0 Å². The molecular weight excluding hydrogens is 432 g/mol. The molecule has 0 saturated heterocycles. The zero-order chi connectivity index (χ0) is 24.3. The molecule has 0 aromatic heterocycles. The number of amides is 2. The van der Waals surface area contributed by atoms with E-state index in [4.69, 9.17) is 14.2 Å². The van der Waals surface area contributed by atoms with Crippen molar-refractivity contribution in [2.24, 2.45) is 5.92 Å². The smallest absolute Gasteiger partial charge is 0.269 e. The first-order valence-corrected chi connectivity index (χ1v) is 11.2. The highest BCUT2D eigenvalue weighted by atomic mass is 16.5. The van der Waals surface area contributed by atoms with Gasteiger partial charge in [-0.15, -0.1) is 0 Å². The molecule has 0 saturated carbocycles. The molecule has 0 aliphatic carbocycles. The summed E-state index contributed by atoms with van der Waals surface area (Å²) in [7, 11) is 0. The Morgan fingerprint density at radius 3 is 1.62 bits per heavy atom. The maximum Gasteiger partial charge on any atom is 0.269 e. The Morgan fingerprint density at radius 1 is 0.676 bits per heavy atom. The van der Waals surface area contributed by atoms with Gasteiger partial charge in [-0.3, -0.25) is 20.4 Å². The lowest BCUT2D eigenvalue weighted by Gasteiger charge is -2.10. The molecule has 178 valence electrons. The van der Waals surface area contributed by atoms with Crippen molar-refractivity contribution in [2.75, 3.05) is 13.2 Å². The van der Waals surface area contributed by atoms with Gasteiger partial charge in [-0.2, -0.15) is 0 Å². The van der Waals surface area contributed by atoms with Crippen molar-refractivity contribution in [3.05, 3.63) is 89.5 Å². The molecule has 0 atom stereocenters. The van der Waals surface area contributed by atoms with Gasteiger partial charge in [-0.05, 0) is 79.1 Å². The van der Waals surface area contributed by atoms with Crippen LogP contribution in [0, 0.1) is 5.92 Å². The number of carbonyl (C=O) groups excluding carboxylic acids is 2. The quantitative estimate of drug-likeness (QED) is 0.424. The fraction of sp³-hybridized carbons (Fsp3) is 0.259. The van der Waals surface area contributed by atoms with E-state index in [2.05, 4.69) is 24.7 Å². The van der Waals surface area contributed by atoms with E-state index in [0.29, 0.717) is 42.6 Å². The van der Waals surface area contributed by atoms with Gasteiger partial charge in [0.05, 0.1) is 13.2 Å². The largest absolute Gasteiger partial charge is 0.494 e. The van der Waals surface area contributed by atoms with Crippen LogP contribution in [0.3, 0.4) is 0 Å². The normalized spacial score (nSPS) is 10.5. The predicted molar refractivity (Wildman–Crippen MR) is 130 cm³/mol. The molecule has 34 heavy (non-hydrogen) atoms. The Hall–Kier alpha value is -4.00. The molecule has 0 spiro atoms. The topological polar surface area (TPSA) is 85.9 Å². The molecule has 7 nitrogen and oxygen atoms in total. The van der Waals surface area contributed by atoms with Gasteiger partial charge in [0.15, 0.2) is 0 Å². The fourth-order valence-corrected chi connectivity index (χ4v) is 2.94. The van der Waals surface area contributed by atoms with Crippen molar-refractivity contribution < 1.29 is 23.8 Å². The van der Waals surface area contributed by atoms with Crippen molar-refractivity contribution in [3.63, 3.8) is 0 Å². The second kappa shape index (κ2) is 12.3. The first kappa shape index (κ1) is 24.6. The van der Waals surface area contributed by atoms with Gasteiger partial charge in [0.2, 0.25) is 0 Å². The van der Waals surface area contributed by atoms with Crippen molar-refractivity contribution in [1.29, 1.82) is 0 Å². The minimum absolute atomic E-state index is 0.365. The zero-order valence-electron chi connectivity index (χ0n) is 19.7. The van der Waals surface area contributed by atoms with Gasteiger partial charge in [-0.1, -0.05) is 26.0 Å². The summed E-state index contributed by atoms with van der Waals surface area (Å²) in [6.07, 6.45) is 0. The number of nitrogens with one attached hydrogen (secondary N) is 2. The molecule has 0 fully saturated rings. The SMILES string of the molecule is CCOc1ccc(OCc2ccc(C(=O)NNC(=O)c3ccc(OCC(C)C)cc3)cc2)cc1. The molecule has 3 rings (SSSR count). The third-order valence-corrected chi connectivity index (χ3v) is 4.75. The molecule has 0 heterocycles. The van der Waals surface area contributed by atoms with E-state index in [9.17, 15) is 9.59 Å². The van der Waals surface area contributed by atoms with Crippen LogP contribution in [0.25, 0.3) is 0 Å². The second-order valence-electron chi connectivity index (χ2n) is 8.03. The predicted octanol–water partition coefficient (Wildman–Crippen LogP) is 4.77. The summed E-state index contributed by atoms with van der Waals surface area (Å²) < 4.78 is 16.8. The lowest BCUT2D eigenvalue weighted by Crippen LogP contribution is -2.41. The van der Waals surface area contributed by atoms with Gasteiger partial charge < -0.3 is 14.2 Å². The standard InChI is InChI=1S/C27H30N2O5/c1-4-32-23-13-15-25(16-14-23)34-18-20-5-7-21(8-6-20)26(30)28-29-27(31)22-9-11-24(12-10-22)33-17-19(2)3/h5-16,19H,4,17-18H2,1-3H3,(H,28,30)(H,29,31).